The molecule has 0 aromatic heterocycles. The Morgan fingerprint density at radius 3 is 2.55 bits per heavy atom. The Hall–Kier alpha value is -3.08. The number of rotatable bonds is 2. The first-order valence-electron chi connectivity index (χ1n) is 9.37. The zero-order valence-corrected chi connectivity index (χ0v) is 15.3. The van der Waals surface area contributed by atoms with Gasteiger partial charge in [0.25, 0.3) is 0 Å². The van der Waals surface area contributed by atoms with Crippen LogP contribution in [0.15, 0.2) is 48.1 Å². The Balaban J connectivity index is 1.66. The molecular formula is C21H18F3N3O2. The summed E-state index contributed by atoms with van der Waals surface area (Å²) >= 11 is 0. The van der Waals surface area contributed by atoms with Crippen molar-refractivity contribution in [3.8, 4) is 6.07 Å². The fourth-order valence-electron chi connectivity index (χ4n) is 4.52. The molecule has 1 aromatic carbocycles. The molecule has 2 aliphatic carbocycles. The molecule has 2 fully saturated rings. The van der Waals surface area contributed by atoms with E-state index in [9.17, 15) is 22.8 Å². The van der Waals surface area contributed by atoms with Crippen LogP contribution >= 0.6 is 0 Å². The number of fused-ring (bicyclic) bond motifs is 1. The van der Waals surface area contributed by atoms with Gasteiger partial charge in [0.05, 0.1) is 35.2 Å². The monoisotopic (exact) mass is 401 g/mol. The summed E-state index contributed by atoms with van der Waals surface area (Å²) in [5.74, 6) is -0.546. The van der Waals surface area contributed by atoms with Crippen LogP contribution in [0.1, 0.15) is 36.4 Å². The van der Waals surface area contributed by atoms with E-state index in [1.165, 1.54) is 11.0 Å². The van der Waals surface area contributed by atoms with Crippen LogP contribution in [0.3, 0.4) is 0 Å². The number of alkyl halides is 3. The van der Waals surface area contributed by atoms with E-state index in [0.29, 0.717) is 17.5 Å². The summed E-state index contributed by atoms with van der Waals surface area (Å²) in [5, 5.41) is 11.8. The third-order valence-electron chi connectivity index (χ3n) is 5.83. The Bertz CT molecular complexity index is 943. The molecule has 150 valence electrons. The molecule has 1 aliphatic heterocycles. The molecule has 0 radical (unpaired) electrons. The fourth-order valence-corrected chi connectivity index (χ4v) is 4.52. The van der Waals surface area contributed by atoms with Crippen LogP contribution in [-0.2, 0) is 4.79 Å². The minimum absolute atomic E-state index is 0.0132. The first-order valence-corrected chi connectivity index (χ1v) is 9.37. The van der Waals surface area contributed by atoms with E-state index in [1.54, 1.807) is 24.3 Å². The van der Waals surface area contributed by atoms with Crippen molar-refractivity contribution >= 4 is 11.8 Å². The predicted octanol–water partition coefficient (Wildman–Crippen LogP) is 3.79. The van der Waals surface area contributed by atoms with Crippen LogP contribution in [0.25, 0.3) is 0 Å². The number of ketones is 1. The van der Waals surface area contributed by atoms with Crippen LogP contribution in [-0.4, -0.2) is 35.0 Å². The molecule has 3 aliphatic rings. The van der Waals surface area contributed by atoms with E-state index in [0.717, 1.165) is 12.2 Å². The SMILES string of the molecule is N#Cc1ccc(C2NC(=O)N(C3C=C(C(F)(F)F)C=CC3)C3CCC(=O)C23)cc1. The van der Waals surface area contributed by atoms with Gasteiger partial charge in [0, 0.05) is 12.5 Å². The number of benzene rings is 1. The number of nitrogens with zero attached hydrogens (tertiary/aromatic N) is 2. The maximum absolute atomic E-state index is 13.1. The van der Waals surface area contributed by atoms with Crippen LogP contribution < -0.4 is 5.32 Å². The predicted molar refractivity (Wildman–Crippen MR) is 97.5 cm³/mol. The van der Waals surface area contributed by atoms with Gasteiger partial charge in [0.1, 0.15) is 5.78 Å². The zero-order chi connectivity index (χ0) is 20.8. The summed E-state index contributed by atoms with van der Waals surface area (Å²) in [7, 11) is 0. The molecule has 4 rings (SSSR count). The highest BCUT2D eigenvalue weighted by molar-refractivity contribution is 5.89. The second-order valence-electron chi connectivity index (χ2n) is 7.49. The highest BCUT2D eigenvalue weighted by atomic mass is 19.4. The summed E-state index contributed by atoms with van der Waals surface area (Å²) in [6.07, 6.45) is 0.00426. The van der Waals surface area contributed by atoms with Gasteiger partial charge in [-0.3, -0.25) is 4.79 Å². The number of carbonyl (C=O) groups is 2. The Morgan fingerprint density at radius 2 is 1.90 bits per heavy atom. The molecule has 29 heavy (non-hydrogen) atoms. The summed E-state index contributed by atoms with van der Waals surface area (Å²) in [6, 6.07) is 6.41. The summed E-state index contributed by atoms with van der Waals surface area (Å²) in [6.45, 7) is 0. The smallest absolute Gasteiger partial charge is 0.330 e. The molecule has 5 nitrogen and oxygen atoms in total. The van der Waals surface area contributed by atoms with Crippen molar-refractivity contribution in [1.29, 1.82) is 5.26 Å². The van der Waals surface area contributed by atoms with Crippen molar-refractivity contribution in [1.82, 2.24) is 10.2 Å². The van der Waals surface area contributed by atoms with E-state index >= 15 is 0 Å². The second kappa shape index (κ2) is 7.07. The van der Waals surface area contributed by atoms with Gasteiger partial charge in [-0.25, -0.2) is 4.79 Å². The normalized spacial score (nSPS) is 29.2. The van der Waals surface area contributed by atoms with Gasteiger partial charge < -0.3 is 10.2 Å². The average Bonchev–Trinajstić information content (AvgIpc) is 3.08. The van der Waals surface area contributed by atoms with E-state index in [4.69, 9.17) is 5.26 Å². The van der Waals surface area contributed by atoms with Crippen molar-refractivity contribution in [2.75, 3.05) is 0 Å². The van der Waals surface area contributed by atoms with Gasteiger partial charge in [-0.2, -0.15) is 18.4 Å². The van der Waals surface area contributed by atoms with Crippen LogP contribution in [0.4, 0.5) is 18.0 Å². The molecule has 4 unspecified atom stereocenters. The van der Waals surface area contributed by atoms with Gasteiger partial charge in [-0.05, 0) is 36.6 Å². The van der Waals surface area contributed by atoms with Gasteiger partial charge >= 0.3 is 12.2 Å². The number of allylic oxidation sites excluding steroid dienone is 2. The molecule has 2 amide bonds. The van der Waals surface area contributed by atoms with Crippen LogP contribution in [0.5, 0.6) is 0 Å². The lowest BCUT2D eigenvalue weighted by Gasteiger charge is -2.45. The number of urea groups is 1. The fraction of sp³-hybridized carbons (Fsp3) is 0.381. The molecule has 0 spiro atoms. The molecule has 4 atom stereocenters. The maximum Gasteiger partial charge on any atom is 0.416 e. The summed E-state index contributed by atoms with van der Waals surface area (Å²) in [5.41, 5.74) is 0.388. The summed E-state index contributed by atoms with van der Waals surface area (Å²) < 4.78 is 39.4. The Morgan fingerprint density at radius 1 is 1.17 bits per heavy atom. The number of Topliss-reactive ketones (excluding diaryl/α,β-unsaturated/α-hetero) is 1. The maximum atomic E-state index is 13.1. The highest BCUT2D eigenvalue weighted by Crippen LogP contribution is 2.42. The van der Waals surface area contributed by atoms with Crippen molar-refractivity contribution in [3.63, 3.8) is 0 Å². The molecule has 8 heteroatoms. The first kappa shape index (κ1) is 19.2. The molecule has 1 N–H and O–H groups in total. The lowest BCUT2D eigenvalue weighted by Crippen LogP contribution is -2.61. The van der Waals surface area contributed by atoms with Crippen molar-refractivity contribution in [2.45, 2.75) is 43.6 Å². The minimum Gasteiger partial charge on any atom is -0.330 e. The number of nitrogens with one attached hydrogen (secondary N) is 1. The lowest BCUT2D eigenvalue weighted by molar-refractivity contribution is -0.122. The number of halogens is 3. The van der Waals surface area contributed by atoms with Crippen molar-refractivity contribution < 1.29 is 22.8 Å². The largest absolute Gasteiger partial charge is 0.416 e. The number of amides is 2. The molecular weight excluding hydrogens is 383 g/mol. The van der Waals surface area contributed by atoms with E-state index < -0.39 is 41.8 Å². The Labute approximate surface area is 165 Å². The number of hydrogen-bond donors (Lipinski definition) is 1. The summed E-state index contributed by atoms with van der Waals surface area (Å²) in [4.78, 5) is 27.0. The number of hydrogen-bond acceptors (Lipinski definition) is 3. The molecule has 0 bridgehead atoms. The van der Waals surface area contributed by atoms with Crippen LogP contribution in [0, 0.1) is 17.2 Å². The minimum atomic E-state index is -4.49. The van der Waals surface area contributed by atoms with Crippen molar-refractivity contribution in [2.24, 2.45) is 5.92 Å². The Kier molecular flexibility index (Phi) is 4.69. The van der Waals surface area contributed by atoms with Crippen LogP contribution in [0.2, 0.25) is 0 Å². The third-order valence-corrected chi connectivity index (χ3v) is 5.83. The van der Waals surface area contributed by atoms with Crippen molar-refractivity contribution in [3.05, 3.63) is 59.2 Å². The lowest BCUT2D eigenvalue weighted by atomic mass is 9.84. The molecule has 1 saturated heterocycles. The molecule has 1 aromatic rings. The number of nitriles is 1. The zero-order valence-electron chi connectivity index (χ0n) is 15.3. The highest BCUT2D eigenvalue weighted by Gasteiger charge is 2.51. The molecule has 1 heterocycles. The van der Waals surface area contributed by atoms with Gasteiger partial charge in [-0.1, -0.05) is 24.3 Å². The van der Waals surface area contributed by atoms with Gasteiger partial charge in [0.15, 0.2) is 0 Å². The molecule has 1 saturated carbocycles. The first-order chi connectivity index (χ1) is 13.8. The average molecular weight is 401 g/mol. The van der Waals surface area contributed by atoms with Gasteiger partial charge in [0.2, 0.25) is 0 Å². The van der Waals surface area contributed by atoms with E-state index in [2.05, 4.69) is 5.32 Å². The standard InChI is InChI=1S/C21H18F3N3O2/c22-21(23,24)14-2-1-3-15(10-14)27-16-8-9-17(28)18(16)19(26-20(27)29)13-6-4-12(11-25)5-7-13/h1-2,4-7,10,15-16,18-19H,3,8-9H2,(H,26,29). The third kappa shape index (κ3) is 3.41. The number of carbonyl (C=O) groups excluding carboxylic acids is 2. The topological polar surface area (TPSA) is 73.2 Å². The second-order valence-corrected chi connectivity index (χ2v) is 7.49. The van der Waals surface area contributed by atoms with E-state index in [-0.39, 0.29) is 18.6 Å². The quantitative estimate of drug-likeness (QED) is 0.820. The van der Waals surface area contributed by atoms with E-state index in [1.807, 2.05) is 6.07 Å². The van der Waals surface area contributed by atoms with Gasteiger partial charge in [-0.15, -0.1) is 0 Å².